The Morgan fingerprint density at radius 3 is 2.92 bits per heavy atom. The maximum Gasteiger partial charge on any atom is 0.341 e. The van der Waals surface area contributed by atoms with Gasteiger partial charge in [-0.15, -0.1) is 5.10 Å². The Kier molecular flexibility index (Phi) is 2.62. The molecular formula is C6H10N4O2. The van der Waals surface area contributed by atoms with Crippen molar-refractivity contribution in [2.24, 2.45) is 0 Å². The van der Waals surface area contributed by atoms with E-state index < -0.39 is 5.69 Å². The predicted molar refractivity (Wildman–Crippen MR) is 41.8 cm³/mol. The molecular weight excluding hydrogens is 160 g/mol. The molecule has 1 rings (SSSR count). The van der Waals surface area contributed by atoms with Crippen LogP contribution in [0.1, 0.15) is 24.0 Å². The smallest absolute Gasteiger partial charge is 0.341 e. The van der Waals surface area contributed by atoms with Crippen LogP contribution in [0.4, 0.5) is 0 Å². The van der Waals surface area contributed by atoms with Crippen LogP contribution < -0.4 is 11.0 Å². The Morgan fingerprint density at radius 1 is 1.67 bits per heavy atom. The van der Waals surface area contributed by atoms with Crippen LogP contribution >= 0.6 is 0 Å². The van der Waals surface area contributed by atoms with Gasteiger partial charge in [0, 0.05) is 6.54 Å². The Labute approximate surface area is 68.4 Å². The summed E-state index contributed by atoms with van der Waals surface area (Å²) in [7, 11) is 0. The van der Waals surface area contributed by atoms with Gasteiger partial charge < -0.3 is 5.32 Å². The first-order chi connectivity index (χ1) is 5.74. The molecule has 0 aromatic carbocycles. The molecule has 1 heterocycles. The monoisotopic (exact) mass is 170 g/mol. The number of hydrogen-bond donors (Lipinski definition) is 3. The highest BCUT2D eigenvalue weighted by molar-refractivity contribution is 5.90. The fourth-order valence-corrected chi connectivity index (χ4v) is 0.700. The topological polar surface area (TPSA) is 90.6 Å². The van der Waals surface area contributed by atoms with Crippen LogP contribution in [0.3, 0.4) is 0 Å². The summed E-state index contributed by atoms with van der Waals surface area (Å²) in [6.45, 7) is 2.52. The van der Waals surface area contributed by atoms with Crippen molar-refractivity contribution in [1.82, 2.24) is 20.5 Å². The van der Waals surface area contributed by atoms with Crippen LogP contribution in [0.25, 0.3) is 0 Å². The van der Waals surface area contributed by atoms with Gasteiger partial charge in [0.2, 0.25) is 5.82 Å². The van der Waals surface area contributed by atoms with Gasteiger partial charge in [0.1, 0.15) is 0 Å². The zero-order valence-electron chi connectivity index (χ0n) is 6.68. The molecule has 0 aliphatic heterocycles. The number of rotatable bonds is 3. The minimum Gasteiger partial charge on any atom is -0.349 e. The van der Waals surface area contributed by atoms with E-state index >= 15 is 0 Å². The van der Waals surface area contributed by atoms with Crippen molar-refractivity contribution in [2.45, 2.75) is 13.3 Å². The molecule has 0 unspecified atom stereocenters. The van der Waals surface area contributed by atoms with Crippen LogP contribution in [0, 0.1) is 0 Å². The summed E-state index contributed by atoms with van der Waals surface area (Å²) in [5, 5.41) is 8.14. The van der Waals surface area contributed by atoms with Gasteiger partial charge in [0.05, 0.1) is 0 Å². The summed E-state index contributed by atoms with van der Waals surface area (Å²) < 4.78 is 0. The lowest BCUT2D eigenvalue weighted by Gasteiger charge is -1.97. The molecule has 0 aliphatic rings. The molecule has 0 saturated carbocycles. The zero-order valence-corrected chi connectivity index (χ0v) is 6.68. The summed E-state index contributed by atoms with van der Waals surface area (Å²) in [4.78, 5) is 23.8. The Hall–Kier alpha value is -1.59. The van der Waals surface area contributed by atoms with E-state index in [1.54, 1.807) is 0 Å². The first-order valence-electron chi connectivity index (χ1n) is 3.67. The van der Waals surface area contributed by atoms with Gasteiger partial charge >= 0.3 is 5.69 Å². The summed E-state index contributed by atoms with van der Waals surface area (Å²) in [6.07, 6.45) is 0.848. The molecule has 0 atom stereocenters. The van der Waals surface area contributed by atoms with E-state index in [2.05, 4.69) is 20.5 Å². The lowest BCUT2D eigenvalue weighted by molar-refractivity contribution is 0.0943. The lowest BCUT2D eigenvalue weighted by Crippen LogP contribution is -2.25. The third kappa shape index (κ3) is 1.94. The molecule has 12 heavy (non-hydrogen) atoms. The van der Waals surface area contributed by atoms with Crippen molar-refractivity contribution < 1.29 is 4.79 Å². The SMILES string of the molecule is CCCNC(=O)c1n[nH]c(=O)[nH]1. The van der Waals surface area contributed by atoms with E-state index in [1.165, 1.54) is 0 Å². The molecule has 0 radical (unpaired) electrons. The van der Waals surface area contributed by atoms with Crippen molar-refractivity contribution in [1.29, 1.82) is 0 Å². The van der Waals surface area contributed by atoms with Crippen LogP contribution in [-0.2, 0) is 0 Å². The van der Waals surface area contributed by atoms with Crippen molar-refractivity contribution in [3.05, 3.63) is 16.3 Å². The number of carbonyl (C=O) groups excluding carboxylic acids is 1. The fraction of sp³-hybridized carbons (Fsp3) is 0.500. The highest BCUT2D eigenvalue weighted by Gasteiger charge is 2.07. The second-order valence-electron chi connectivity index (χ2n) is 2.28. The standard InChI is InChI=1S/C6H10N4O2/c1-2-3-7-5(11)4-8-6(12)10-9-4/h2-3H2,1H3,(H,7,11)(H2,8,9,10,12). The third-order valence-electron chi connectivity index (χ3n) is 1.25. The molecule has 0 saturated heterocycles. The van der Waals surface area contributed by atoms with Gasteiger partial charge in [-0.2, -0.15) is 0 Å². The first kappa shape index (κ1) is 8.51. The Balaban J connectivity index is 2.59. The maximum absolute atomic E-state index is 11.1. The molecule has 1 aromatic rings. The fourth-order valence-electron chi connectivity index (χ4n) is 0.700. The van der Waals surface area contributed by atoms with Gasteiger partial charge in [-0.3, -0.25) is 9.78 Å². The number of H-pyrrole nitrogens is 2. The number of aromatic amines is 2. The largest absolute Gasteiger partial charge is 0.349 e. The van der Waals surface area contributed by atoms with Crippen LogP contribution in [0.15, 0.2) is 4.79 Å². The normalized spacial score (nSPS) is 9.75. The van der Waals surface area contributed by atoms with Gasteiger partial charge in [-0.1, -0.05) is 6.92 Å². The molecule has 6 nitrogen and oxygen atoms in total. The van der Waals surface area contributed by atoms with Crippen molar-refractivity contribution >= 4 is 5.91 Å². The summed E-state index contributed by atoms with van der Waals surface area (Å²) in [5.41, 5.74) is -0.475. The molecule has 0 spiro atoms. The van der Waals surface area contributed by atoms with E-state index in [4.69, 9.17) is 0 Å². The summed E-state index contributed by atoms with van der Waals surface area (Å²) >= 11 is 0. The van der Waals surface area contributed by atoms with Gasteiger partial charge in [0.25, 0.3) is 5.91 Å². The zero-order chi connectivity index (χ0) is 8.97. The minimum absolute atomic E-state index is 0.0217. The molecule has 0 aliphatic carbocycles. The van der Waals surface area contributed by atoms with Crippen molar-refractivity contribution in [3.63, 3.8) is 0 Å². The molecule has 1 amide bonds. The van der Waals surface area contributed by atoms with Crippen molar-refractivity contribution in [3.8, 4) is 0 Å². The average molecular weight is 170 g/mol. The third-order valence-corrected chi connectivity index (χ3v) is 1.25. The number of amides is 1. The van der Waals surface area contributed by atoms with Gasteiger partial charge in [-0.25, -0.2) is 9.89 Å². The van der Waals surface area contributed by atoms with E-state index in [1.807, 2.05) is 6.92 Å². The predicted octanol–water partition coefficient (Wildman–Crippen LogP) is -0.762. The van der Waals surface area contributed by atoms with Gasteiger partial charge in [-0.05, 0) is 6.42 Å². The Bertz CT molecular complexity index is 313. The molecule has 1 aromatic heterocycles. The van der Waals surface area contributed by atoms with Crippen LogP contribution in [-0.4, -0.2) is 27.6 Å². The van der Waals surface area contributed by atoms with E-state index in [0.29, 0.717) is 6.54 Å². The van der Waals surface area contributed by atoms with E-state index in [-0.39, 0.29) is 11.7 Å². The summed E-state index contributed by atoms with van der Waals surface area (Å²) in [5.74, 6) is -0.344. The van der Waals surface area contributed by atoms with Crippen molar-refractivity contribution in [2.75, 3.05) is 6.54 Å². The van der Waals surface area contributed by atoms with Crippen LogP contribution in [0.5, 0.6) is 0 Å². The lowest BCUT2D eigenvalue weighted by atomic mass is 10.4. The number of nitrogens with one attached hydrogen (secondary N) is 3. The Morgan fingerprint density at radius 2 is 2.42 bits per heavy atom. The number of hydrogen-bond acceptors (Lipinski definition) is 3. The molecule has 3 N–H and O–H groups in total. The summed E-state index contributed by atoms with van der Waals surface area (Å²) in [6, 6.07) is 0. The van der Waals surface area contributed by atoms with E-state index in [0.717, 1.165) is 6.42 Å². The highest BCUT2D eigenvalue weighted by atomic mass is 16.2. The highest BCUT2D eigenvalue weighted by Crippen LogP contribution is 1.81. The number of nitrogens with zero attached hydrogens (tertiary/aromatic N) is 1. The minimum atomic E-state index is -0.475. The van der Waals surface area contributed by atoms with E-state index in [9.17, 15) is 9.59 Å². The maximum atomic E-state index is 11.1. The van der Waals surface area contributed by atoms with Crippen LogP contribution in [0.2, 0.25) is 0 Å². The first-order valence-corrected chi connectivity index (χ1v) is 3.67. The molecule has 6 heteroatoms. The molecule has 66 valence electrons. The average Bonchev–Trinajstić information content (AvgIpc) is 2.47. The molecule has 0 fully saturated rings. The quantitative estimate of drug-likeness (QED) is 0.556. The second kappa shape index (κ2) is 3.70. The van der Waals surface area contributed by atoms with Gasteiger partial charge in [0.15, 0.2) is 0 Å². The number of aromatic nitrogens is 3. The molecule has 0 bridgehead atoms. The number of carbonyl (C=O) groups is 1. The second-order valence-corrected chi connectivity index (χ2v) is 2.28.